The van der Waals surface area contributed by atoms with Crippen LogP contribution in [0.2, 0.25) is 0 Å². The summed E-state index contributed by atoms with van der Waals surface area (Å²) >= 11 is 0. The minimum Gasteiger partial charge on any atom is -0.508 e. The number of carbonyl (C=O) groups is 3. The maximum atomic E-state index is 12.3. The zero-order chi connectivity index (χ0) is 14.9. The van der Waals surface area contributed by atoms with Gasteiger partial charge in [0.15, 0.2) is 0 Å². The maximum Gasteiger partial charge on any atom is 0.252 e. The highest BCUT2D eigenvalue weighted by Gasteiger charge is 2.43. The van der Waals surface area contributed by atoms with Gasteiger partial charge in [-0.2, -0.15) is 0 Å². The van der Waals surface area contributed by atoms with Gasteiger partial charge in [0.1, 0.15) is 17.8 Å². The molecule has 0 aliphatic carbocycles. The van der Waals surface area contributed by atoms with Crippen molar-refractivity contribution in [2.45, 2.75) is 25.8 Å². The predicted molar refractivity (Wildman–Crippen MR) is 70.8 cm³/mol. The van der Waals surface area contributed by atoms with E-state index in [4.69, 9.17) is 0 Å². The number of rotatable bonds is 2. The van der Waals surface area contributed by atoms with Crippen LogP contribution in [0.15, 0.2) is 24.3 Å². The Bertz CT molecular complexity index is 580. The van der Waals surface area contributed by atoms with Gasteiger partial charge in [-0.1, -0.05) is 12.1 Å². The molecule has 1 fully saturated rings. The van der Waals surface area contributed by atoms with Gasteiger partial charge in [-0.05, 0) is 31.5 Å². The van der Waals surface area contributed by atoms with Crippen molar-refractivity contribution in [1.29, 1.82) is 0 Å². The van der Waals surface area contributed by atoms with Crippen LogP contribution in [0.1, 0.15) is 19.4 Å². The monoisotopic (exact) mass is 276 g/mol. The van der Waals surface area contributed by atoms with Gasteiger partial charge in [0, 0.05) is 0 Å². The van der Waals surface area contributed by atoms with Crippen LogP contribution in [-0.2, 0) is 20.8 Å². The topological polar surface area (TPSA) is 86.7 Å². The lowest BCUT2D eigenvalue weighted by Crippen LogP contribution is -2.65. The Hall–Kier alpha value is -2.37. The molecule has 0 saturated carbocycles. The zero-order valence-corrected chi connectivity index (χ0v) is 11.3. The summed E-state index contributed by atoms with van der Waals surface area (Å²) in [7, 11) is 0. The molecule has 1 aliphatic heterocycles. The summed E-state index contributed by atoms with van der Waals surface area (Å²) in [5, 5.41) is 11.6. The number of imide groups is 1. The summed E-state index contributed by atoms with van der Waals surface area (Å²) in [5.74, 6) is -1.23. The van der Waals surface area contributed by atoms with E-state index in [-0.39, 0.29) is 24.6 Å². The molecular weight excluding hydrogens is 260 g/mol. The largest absolute Gasteiger partial charge is 0.508 e. The van der Waals surface area contributed by atoms with E-state index in [1.165, 1.54) is 17.0 Å². The number of hydrogen-bond acceptors (Lipinski definition) is 4. The number of aromatic hydroxyl groups is 1. The van der Waals surface area contributed by atoms with Crippen LogP contribution in [0.25, 0.3) is 0 Å². The third-order valence-electron chi connectivity index (χ3n) is 3.35. The Balaban J connectivity index is 2.19. The molecule has 0 atom stereocenters. The van der Waals surface area contributed by atoms with Crippen molar-refractivity contribution in [3.63, 3.8) is 0 Å². The molecule has 0 bridgehead atoms. The molecule has 6 heteroatoms. The Kier molecular flexibility index (Phi) is 3.48. The van der Waals surface area contributed by atoms with Crippen LogP contribution in [0.4, 0.5) is 0 Å². The van der Waals surface area contributed by atoms with Crippen molar-refractivity contribution in [3.8, 4) is 5.75 Å². The molecule has 2 N–H and O–H groups in total. The van der Waals surface area contributed by atoms with Crippen LogP contribution < -0.4 is 5.32 Å². The second-order valence-corrected chi connectivity index (χ2v) is 5.26. The van der Waals surface area contributed by atoms with E-state index in [1.807, 2.05) is 0 Å². The number of hydrogen-bond donors (Lipinski definition) is 2. The van der Waals surface area contributed by atoms with Crippen LogP contribution >= 0.6 is 0 Å². The van der Waals surface area contributed by atoms with Crippen LogP contribution in [-0.4, -0.2) is 39.8 Å². The van der Waals surface area contributed by atoms with Gasteiger partial charge in [-0.25, -0.2) is 0 Å². The molecule has 1 aromatic rings. The molecule has 3 amide bonds. The van der Waals surface area contributed by atoms with E-state index in [2.05, 4.69) is 5.32 Å². The summed E-state index contributed by atoms with van der Waals surface area (Å²) in [4.78, 5) is 36.8. The highest BCUT2D eigenvalue weighted by Crippen LogP contribution is 2.20. The lowest BCUT2D eigenvalue weighted by molar-refractivity contribution is -0.155. The third-order valence-corrected chi connectivity index (χ3v) is 3.35. The normalized spacial score (nSPS) is 17.8. The number of benzene rings is 1. The quantitative estimate of drug-likeness (QED) is 0.755. The maximum absolute atomic E-state index is 12.3. The van der Waals surface area contributed by atoms with Crippen LogP contribution in [0.3, 0.4) is 0 Å². The second kappa shape index (κ2) is 4.96. The standard InChI is InChI=1S/C14H16N2O4/c1-14(2)13(20)15-11(18)8-16(14)12(19)7-9-4-3-5-10(17)6-9/h3-6,17H,7-8H2,1-2H3,(H,15,18,20). The Morgan fingerprint density at radius 3 is 2.75 bits per heavy atom. The molecule has 0 aromatic heterocycles. The molecular formula is C14H16N2O4. The summed E-state index contributed by atoms with van der Waals surface area (Å²) in [6.07, 6.45) is 0.0262. The van der Waals surface area contributed by atoms with E-state index in [0.29, 0.717) is 5.56 Å². The average Bonchev–Trinajstić information content (AvgIpc) is 2.34. The Morgan fingerprint density at radius 2 is 2.10 bits per heavy atom. The molecule has 106 valence electrons. The number of piperazine rings is 1. The van der Waals surface area contributed by atoms with Crippen LogP contribution in [0.5, 0.6) is 5.75 Å². The summed E-state index contributed by atoms with van der Waals surface area (Å²) in [6, 6.07) is 6.33. The number of carbonyl (C=O) groups excluding carboxylic acids is 3. The van der Waals surface area contributed by atoms with E-state index in [0.717, 1.165) is 0 Å². The van der Waals surface area contributed by atoms with Crippen molar-refractivity contribution >= 4 is 17.7 Å². The zero-order valence-electron chi connectivity index (χ0n) is 11.3. The minimum atomic E-state index is -1.07. The number of nitrogens with one attached hydrogen (secondary N) is 1. The van der Waals surface area contributed by atoms with Crippen LogP contribution in [0, 0.1) is 0 Å². The first-order valence-electron chi connectivity index (χ1n) is 6.23. The van der Waals surface area contributed by atoms with Crippen molar-refractivity contribution in [2.24, 2.45) is 0 Å². The second-order valence-electron chi connectivity index (χ2n) is 5.26. The SMILES string of the molecule is CC1(C)C(=O)NC(=O)CN1C(=O)Cc1cccc(O)c1. The van der Waals surface area contributed by atoms with Crippen molar-refractivity contribution in [2.75, 3.05) is 6.54 Å². The Labute approximate surface area is 116 Å². The third kappa shape index (κ3) is 2.64. The Morgan fingerprint density at radius 1 is 1.40 bits per heavy atom. The summed E-state index contributed by atoms with van der Waals surface area (Å²) in [5.41, 5.74) is -0.439. The van der Waals surface area contributed by atoms with E-state index in [1.54, 1.807) is 26.0 Å². The fourth-order valence-corrected chi connectivity index (χ4v) is 2.12. The van der Waals surface area contributed by atoms with E-state index >= 15 is 0 Å². The van der Waals surface area contributed by atoms with Gasteiger partial charge < -0.3 is 10.0 Å². The lowest BCUT2D eigenvalue weighted by atomic mass is 9.97. The van der Waals surface area contributed by atoms with Gasteiger partial charge in [0.25, 0.3) is 5.91 Å². The van der Waals surface area contributed by atoms with Gasteiger partial charge in [0.05, 0.1) is 6.42 Å². The first kappa shape index (κ1) is 14.0. The van der Waals surface area contributed by atoms with Gasteiger partial charge >= 0.3 is 0 Å². The van der Waals surface area contributed by atoms with Gasteiger partial charge in [-0.3, -0.25) is 19.7 Å². The molecule has 20 heavy (non-hydrogen) atoms. The first-order valence-corrected chi connectivity index (χ1v) is 6.23. The number of phenols is 1. The highest BCUT2D eigenvalue weighted by atomic mass is 16.3. The van der Waals surface area contributed by atoms with Gasteiger partial charge in [-0.15, -0.1) is 0 Å². The molecule has 0 radical (unpaired) electrons. The average molecular weight is 276 g/mol. The number of phenolic OH excluding ortho intramolecular Hbond substituents is 1. The minimum absolute atomic E-state index is 0.0262. The van der Waals surface area contributed by atoms with Crippen molar-refractivity contribution in [3.05, 3.63) is 29.8 Å². The lowest BCUT2D eigenvalue weighted by Gasteiger charge is -2.40. The smallest absolute Gasteiger partial charge is 0.252 e. The molecule has 1 aliphatic rings. The first-order chi connectivity index (χ1) is 9.30. The molecule has 2 rings (SSSR count). The summed E-state index contributed by atoms with van der Waals surface area (Å²) in [6.45, 7) is 3.04. The van der Waals surface area contributed by atoms with Gasteiger partial charge in [0.2, 0.25) is 11.8 Å². The molecule has 1 saturated heterocycles. The molecule has 1 heterocycles. The fourth-order valence-electron chi connectivity index (χ4n) is 2.12. The molecule has 0 unspecified atom stereocenters. The molecule has 1 aromatic carbocycles. The van der Waals surface area contributed by atoms with E-state index in [9.17, 15) is 19.5 Å². The van der Waals surface area contributed by atoms with E-state index < -0.39 is 17.4 Å². The number of nitrogens with zero attached hydrogens (tertiary/aromatic N) is 1. The molecule has 6 nitrogen and oxygen atoms in total. The predicted octanol–water partition coefficient (Wildman–Crippen LogP) is 0.198. The summed E-state index contributed by atoms with van der Waals surface area (Å²) < 4.78 is 0. The highest BCUT2D eigenvalue weighted by molar-refractivity contribution is 6.06. The fraction of sp³-hybridized carbons (Fsp3) is 0.357. The molecule has 0 spiro atoms. The number of amides is 3. The van der Waals surface area contributed by atoms with Crippen molar-refractivity contribution in [1.82, 2.24) is 10.2 Å². The van der Waals surface area contributed by atoms with Crippen molar-refractivity contribution < 1.29 is 19.5 Å².